The Morgan fingerprint density at radius 3 is 2.27 bits per heavy atom. The lowest BCUT2D eigenvalue weighted by Gasteiger charge is -2.37. The fourth-order valence-electron chi connectivity index (χ4n) is 7.71. The van der Waals surface area contributed by atoms with E-state index in [-0.39, 0.29) is 30.1 Å². The van der Waals surface area contributed by atoms with Crippen LogP contribution in [0, 0.1) is 17.3 Å². The average Bonchev–Trinajstić information content (AvgIpc) is 3.40. The molecule has 1 saturated heterocycles. The maximum Gasteiger partial charge on any atom is 0.315 e. The second-order valence-corrected chi connectivity index (χ2v) is 15.6. The Balaban J connectivity index is 1.35. The predicted octanol–water partition coefficient (Wildman–Crippen LogP) is 1.08. The van der Waals surface area contributed by atoms with Gasteiger partial charge in [-0.25, -0.2) is 4.79 Å². The second-order valence-electron chi connectivity index (χ2n) is 15.6. The topological polar surface area (TPSA) is 198 Å². The molecule has 6 atom stereocenters. The number of carbonyl (C=O) groups excluding carboxylic acids is 6. The molecule has 14 heteroatoms. The summed E-state index contributed by atoms with van der Waals surface area (Å²) in [5.41, 5.74) is 0.369. The lowest BCUT2D eigenvalue weighted by Crippen LogP contribution is -2.61. The molecule has 14 nitrogen and oxygen atoms in total. The normalized spacial score (nSPS) is 25.0. The van der Waals surface area contributed by atoms with Gasteiger partial charge in [-0.2, -0.15) is 0 Å². The van der Waals surface area contributed by atoms with Crippen LogP contribution >= 0.6 is 0 Å². The molecule has 5 aliphatic rings. The standard InChI is InChI=1S/C35H55N7O7/c1-5-10-23(27(43)32(47)37-21-15-16-21)38-31(46)26-22-14-9-13-20(22)18-42(26)33(48)28(35(2,3)4)41-30(45)25(19-11-7-6-8-12-19)40-29(44)24-17-36-34(49)39-24/h19-21,23-25,27-28,43H,5-18H2,1-4H3,(H,37,47)(H,38,46)(H,40,44)(H,41,45)(H2,36,39,49)/t20-,23-,24-,25-,27?,28+/m0/s1. The van der Waals surface area contributed by atoms with E-state index < -0.39 is 71.3 Å². The number of hydrogen-bond acceptors (Lipinski definition) is 7. The minimum atomic E-state index is -1.43. The van der Waals surface area contributed by atoms with Gasteiger partial charge < -0.3 is 41.9 Å². The molecule has 2 aliphatic heterocycles. The number of nitrogens with zero attached hydrogens (tertiary/aromatic N) is 1. The molecule has 0 aromatic carbocycles. The summed E-state index contributed by atoms with van der Waals surface area (Å²) >= 11 is 0. The Morgan fingerprint density at radius 1 is 0.939 bits per heavy atom. The van der Waals surface area contributed by atoms with Crippen molar-refractivity contribution in [3.8, 4) is 0 Å². The van der Waals surface area contributed by atoms with Crippen molar-refractivity contribution in [2.75, 3.05) is 13.1 Å². The van der Waals surface area contributed by atoms with Crippen LogP contribution in [0.3, 0.4) is 0 Å². The smallest absolute Gasteiger partial charge is 0.315 e. The fourth-order valence-corrected chi connectivity index (χ4v) is 7.71. The van der Waals surface area contributed by atoms with E-state index in [9.17, 15) is 33.9 Å². The number of urea groups is 1. The van der Waals surface area contributed by atoms with Crippen molar-refractivity contribution in [3.05, 3.63) is 11.3 Å². The highest BCUT2D eigenvalue weighted by Gasteiger charge is 2.47. The monoisotopic (exact) mass is 685 g/mol. The number of carbonyl (C=O) groups is 6. The number of fused-ring (bicyclic) bond motifs is 1. The third kappa shape index (κ3) is 8.74. The maximum absolute atomic E-state index is 14.6. The lowest BCUT2D eigenvalue weighted by molar-refractivity contribution is -0.141. The van der Waals surface area contributed by atoms with Crippen molar-refractivity contribution >= 4 is 35.6 Å². The Morgan fingerprint density at radius 2 is 1.65 bits per heavy atom. The Bertz CT molecular complexity index is 1330. The summed E-state index contributed by atoms with van der Waals surface area (Å²) in [6.45, 7) is 7.87. The van der Waals surface area contributed by atoms with Gasteiger partial charge in [0.2, 0.25) is 17.7 Å². The van der Waals surface area contributed by atoms with Crippen molar-refractivity contribution in [3.63, 3.8) is 0 Å². The second kappa shape index (κ2) is 15.5. The number of nitrogens with one attached hydrogen (secondary N) is 6. The molecule has 3 saturated carbocycles. The first kappa shape index (κ1) is 36.6. The van der Waals surface area contributed by atoms with E-state index in [4.69, 9.17) is 0 Å². The van der Waals surface area contributed by atoms with Crippen molar-refractivity contribution in [2.24, 2.45) is 17.3 Å². The van der Waals surface area contributed by atoms with Crippen LogP contribution in [0.4, 0.5) is 4.79 Å². The number of rotatable bonds is 13. The summed E-state index contributed by atoms with van der Waals surface area (Å²) in [5.74, 6) is -2.51. The zero-order valence-corrected chi connectivity index (χ0v) is 29.4. The van der Waals surface area contributed by atoms with Crippen molar-refractivity contribution in [1.29, 1.82) is 0 Å². The fraction of sp³-hybridized carbons (Fsp3) is 0.771. The zero-order chi connectivity index (χ0) is 35.5. The quantitative estimate of drug-likeness (QED) is 0.151. The molecule has 3 aliphatic carbocycles. The molecule has 0 spiro atoms. The SMILES string of the molecule is CCC[C@H](NC(=O)C1=C2CCC[C@H]2CN1C(=O)[C@@H](NC(=O)[C@@H](NC(=O)[C@@H]1CNC(=O)N1)C1CCCCC1)C(C)(C)C)C(O)C(=O)NC1CC1. The van der Waals surface area contributed by atoms with Crippen LogP contribution in [0.1, 0.15) is 105 Å². The molecule has 7 N–H and O–H groups in total. The van der Waals surface area contributed by atoms with Gasteiger partial charge >= 0.3 is 6.03 Å². The molecule has 7 amide bonds. The van der Waals surface area contributed by atoms with Crippen LogP contribution in [0.5, 0.6) is 0 Å². The molecular weight excluding hydrogens is 630 g/mol. The lowest BCUT2D eigenvalue weighted by atomic mass is 9.82. The molecule has 272 valence electrons. The van der Waals surface area contributed by atoms with Gasteiger partial charge in [0, 0.05) is 25.0 Å². The van der Waals surface area contributed by atoms with Gasteiger partial charge in [-0.1, -0.05) is 53.4 Å². The van der Waals surface area contributed by atoms with Crippen LogP contribution in [-0.2, 0) is 24.0 Å². The van der Waals surface area contributed by atoms with Crippen LogP contribution in [-0.4, -0.2) is 95.0 Å². The van der Waals surface area contributed by atoms with Crippen LogP contribution in [0.25, 0.3) is 0 Å². The summed E-state index contributed by atoms with van der Waals surface area (Å²) in [6.07, 6.45) is 8.06. The molecule has 5 rings (SSSR count). The molecule has 0 aromatic rings. The van der Waals surface area contributed by atoms with Gasteiger partial charge in [0.25, 0.3) is 11.8 Å². The van der Waals surface area contributed by atoms with E-state index in [2.05, 4.69) is 31.9 Å². The third-order valence-corrected chi connectivity index (χ3v) is 10.6. The van der Waals surface area contributed by atoms with Gasteiger partial charge in [0.05, 0.1) is 6.04 Å². The van der Waals surface area contributed by atoms with Gasteiger partial charge in [-0.3, -0.25) is 24.0 Å². The number of hydrogen-bond donors (Lipinski definition) is 7. The van der Waals surface area contributed by atoms with E-state index >= 15 is 0 Å². The third-order valence-electron chi connectivity index (χ3n) is 10.6. The minimum absolute atomic E-state index is 0.0123. The Labute approximate surface area is 288 Å². The zero-order valence-electron chi connectivity index (χ0n) is 29.4. The molecule has 0 bridgehead atoms. The highest BCUT2D eigenvalue weighted by atomic mass is 16.3. The molecule has 2 heterocycles. The van der Waals surface area contributed by atoms with Gasteiger partial charge in [0.1, 0.15) is 23.8 Å². The molecule has 1 unspecified atom stereocenters. The van der Waals surface area contributed by atoms with Crippen molar-refractivity contribution in [2.45, 2.75) is 141 Å². The molecule has 0 radical (unpaired) electrons. The van der Waals surface area contributed by atoms with Crippen LogP contribution in [0.2, 0.25) is 0 Å². The summed E-state index contributed by atoms with van der Waals surface area (Å²) in [6, 6.07) is -3.96. The van der Waals surface area contributed by atoms with Crippen LogP contribution < -0.4 is 31.9 Å². The van der Waals surface area contributed by atoms with Crippen LogP contribution in [0.15, 0.2) is 11.3 Å². The minimum Gasteiger partial charge on any atom is -0.381 e. The van der Waals surface area contributed by atoms with E-state index in [1.54, 1.807) is 0 Å². The van der Waals surface area contributed by atoms with E-state index in [1.165, 1.54) is 4.90 Å². The van der Waals surface area contributed by atoms with E-state index in [0.717, 1.165) is 63.4 Å². The molecule has 0 aromatic heterocycles. The molecule has 4 fully saturated rings. The van der Waals surface area contributed by atoms with Gasteiger partial charge in [0.15, 0.2) is 6.10 Å². The summed E-state index contributed by atoms with van der Waals surface area (Å²) in [7, 11) is 0. The highest BCUT2D eigenvalue weighted by molar-refractivity contribution is 6.02. The first-order valence-electron chi connectivity index (χ1n) is 18.3. The molecule has 49 heavy (non-hydrogen) atoms. The van der Waals surface area contributed by atoms with Crippen molar-refractivity contribution < 1.29 is 33.9 Å². The average molecular weight is 686 g/mol. The predicted molar refractivity (Wildman–Crippen MR) is 180 cm³/mol. The number of aliphatic hydroxyl groups excluding tert-OH is 1. The van der Waals surface area contributed by atoms with Gasteiger partial charge in [-0.05, 0) is 68.3 Å². The van der Waals surface area contributed by atoms with Gasteiger partial charge in [-0.15, -0.1) is 0 Å². The summed E-state index contributed by atoms with van der Waals surface area (Å²) in [4.78, 5) is 81.8. The first-order valence-corrected chi connectivity index (χ1v) is 18.3. The molecular formula is C35H55N7O7. The first-order chi connectivity index (χ1) is 23.3. The number of amides is 7. The number of aliphatic hydroxyl groups is 1. The summed E-state index contributed by atoms with van der Waals surface area (Å²) in [5, 5.41) is 27.6. The van der Waals surface area contributed by atoms with Crippen molar-refractivity contribution in [1.82, 2.24) is 36.8 Å². The van der Waals surface area contributed by atoms with E-state index in [1.807, 2.05) is 27.7 Å². The van der Waals surface area contributed by atoms with E-state index in [0.29, 0.717) is 25.8 Å². The maximum atomic E-state index is 14.6. The summed E-state index contributed by atoms with van der Waals surface area (Å²) < 4.78 is 0. The Hall–Kier alpha value is -3.68. The Kier molecular flexibility index (Phi) is 11.6. The highest BCUT2D eigenvalue weighted by Crippen LogP contribution is 2.42. The largest absolute Gasteiger partial charge is 0.381 e.